The maximum atomic E-state index is 12.5. The van der Waals surface area contributed by atoms with Crippen LogP contribution in [0.1, 0.15) is 29.3 Å². The predicted octanol–water partition coefficient (Wildman–Crippen LogP) is 4.09. The minimum atomic E-state index is -0.00803. The van der Waals surface area contributed by atoms with E-state index in [2.05, 4.69) is 22.9 Å². The molecular formula is C15H16BrNO2. The van der Waals surface area contributed by atoms with E-state index in [-0.39, 0.29) is 5.91 Å². The second kappa shape index (κ2) is 6.57. The SMILES string of the molecule is CCCN(Cc1ccccc1)C(=O)c1ccoc1Br. The summed E-state index contributed by atoms with van der Waals surface area (Å²) in [5.41, 5.74) is 1.70. The van der Waals surface area contributed by atoms with Gasteiger partial charge < -0.3 is 9.32 Å². The first-order chi connectivity index (χ1) is 9.22. The zero-order valence-corrected chi connectivity index (χ0v) is 12.4. The summed E-state index contributed by atoms with van der Waals surface area (Å²) in [5.74, 6) is -0.00803. The number of benzene rings is 1. The number of hydrogen-bond donors (Lipinski definition) is 0. The first-order valence-electron chi connectivity index (χ1n) is 6.28. The van der Waals surface area contributed by atoms with Gasteiger partial charge in [-0.1, -0.05) is 37.3 Å². The minimum absolute atomic E-state index is 0.00803. The molecule has 2 aromatic rings. The Balaban J connectivity index is 2.16. The zero-order chi connectivity index (χ0) is 13.7. The number of nitrogens with zero attached hydrogens (tertiary/aromatic N) is 1. The van der Waals surface area contributed by atoms with Gasteiger partial charge in [0.15, 0.2) is 4.67 Å². The standard InChI is InChI=1S/C15H16BrNO2/c1-2-9-17(11-12-6-4-3-5-7-12)15(18)13-8-10-19-14(13)16/h3-8,10H,2,9,11H2,1H3. The Morgan fingerprint density at radius 1 is 1.26 bits per heavy atom. The van der Waals surface area contributed by atoms with Gasteiger partial charge in [0.1, 0.15) is 0 Å². The number of rotatable bonds is 5. The molecule has 0 saturated heterocycles. The van der Waals surface area contributed by atoms with E-state index in [1.165, 1.54) is 6.26 Å². The van der Waals surface area contributed by atoms with E-state index in [4.69, 9.17) is 4.42 Å². The second-order valence-corrected chi connectivity index (χ2v) is 5.04. The number of furan rings is 1. The smallest absolute Gasteiger partial charge is 0.258 e. The number of amides is 1. The van der Waals surface area contributed by atoms with Crippen LogP contribution in [-0.2, 0) is 6.54 Å². The Labute approximate surface area is 121 Å². The highest BCUT2D eigenvalue weighted by Crippen LogP contribution is 2.20. The lowest BCUT2D eigenvalue weighted by molar-refractivity contribution is 0.0741. The topological polar surface area (TPSA) is 33.5 Å². The van der Waals surface area contributed by atoms with Crippen molar-refractivity contribution in [1.29, 1.82) is 0 Å². The summed E-state index contributed by atoms with van der Waals surface area (Å²) in [6.07, 6.45) is 2.44. The van der Waals surface area contributed by atoms with E-state index in [0.717, 1.165) is 18.5 Å². The molecule has 0 atom stereocenters. The minimum Gasteiger partial charge on any atom is -0.457 e. The molecule has 0 aliphatic heterocycles. The van der Waals surface area contributed by atoms with Crippen molar-refractivity contribution in [2.45, 2.75) is 19.9 Å². The van der Waals surface area contributed by atoms with Crippen molar-refractivity contribution in [2.24, 2.45) is 0 Å². The molecule has 100 valence electrons. The van der Waals surface area contributed by atoms with E-state index in [0.29, 0.717) is 16.8 Å². The van der Waals surface area contributed by atoms with Crippen molar-refractivity contribution in [2.75, 3.05) is 6.54 Å². The monoisotopic (exact) mass is 321 g/mol. The Kier molecular flexibility index (Phi) is 4.80. The Morgan fingerprint density at radius 3 is 2.58 bits per heavy atom. The number of carbonyl (C=O) groups excluding carboxylic acids is 1. The molecule has 0 aliphatic carbocycles. The van der Waals surface area contributed by atoms with Crippen molar-refractivity contribution in [3.8, 4) is 0 Å². The van der Waals surface area contributed by atoms with Gasteiger partial charge in [-0.15, -0.1) is 0 Å². The number of hydrogen-bond acceptors (Lipinski definition) is 2. The fourth-order valence-electron chi connectivity index (χ4n) is 1.94. The lowest BCUT2D eigenvalue weighted by Gasteiger charge is -2.21. The van der Waals surface area contributed by atoms with E-state index < -0.39 is 0 Å². The normalized spacial score (nSPS) is 10.4. The van der Waals surface area contributed by atoms with Gasteiger partial charge in [-0.2, -0.15) is 0 Å². The van der Waals surface area contributed by atoms with E-state index in [9.17, 15) is 4.79 Å². The second-order valence-electron chi connectivity index (χ2n) is 4.32. The van der Waals surface area contributed by atoms with Gasteiger partial charge in [0, 0.05) is 13.1 Å². The van der Waals surface area contributed by atoms with Gasteiger partial charge in [0.25, 0.3) is 5.91 Å². The Bertz CT molecular complexity index is 536. The molecule has 3 nitrogen and oxygen atoms in total. The summed E-state index contributed by atoms with van der Waals surface area (Å²) in [4.78, 5) is 14.3. The Hall–Kier alpha value is -1.55. The Morgan fingerprint density at radius 2 is 2.00 bits per heavy atom. The lowest BCUT2D eigenvalue weighted by atomic mass is 10.2. The molecule has 0 unspecified atom stereocenters. The van der Waals surface area contributed by atoms with Gasteiger partial charge in [0.05, 0.1) is 11.8 Å². The first kappa shape index (κ1) is 13.9. The molecule has 0 spiro atoms. The third-order valence-corrected chi connectivity index (χ3v) is 3.46. The molecule has 0 N–H and O–H groups in total. The number of halogens is 1. The molecule has 1 aromatic heterocycles. The third-order valence-electron chi connectivity index (χ3n) is 2.85. The third kappa shape index (κ3) is 3.47. The van der Waals surface area contributed by atoms with Crippen molar-refractivity contribution in [3.05, 3.63) is 58.5 Å². The van der Waals surface area contributed by atoms with Crippen LogP contribution in [0.3, 0.4) is 0 Å². The van der Waals surface area contributed by atoms with Crippen LogP contribution >= 0.6 is 15.9 Å². The molecule has 1 heterocycles. The highest BCUT2D eigenvalue weighted by atomic mass is 79.9. The van der Waals surface area contributed by atoms with Gasteiger partial charge in [-0.3, -0.25) is 4.79 Å². The van der Waals surface area contributed by atoms with Gasteiger partial charge in [-0.25, -0.2) is 0 Å². The van der Waals surface area contributed by atoms with Crippen molar-refractivity contribution in [3.63, 3.8) is 0 Å². The molecule has 19 heavy (non-hydrogen) atoms. The molecule has 2 rings (SSSR count). The van der Waals surface area contributed by atoms with Gasteiger partial charge >= 0.3 is 0 Å². The van der Waals surface area contributed by atoms with E-state index in [1.807, 2.05) is 35.2 Å². The average Bonchev–Trinajstić information content (AvgIpc) is 2.85. The summed E-state index contributed by atoms with van der Waals surface area (Å²) in [6.45, 7) is 3.41. The predicted molar refractivity (Wildman–Crippen MR) is 77.9 cm³/mol. The van der Waals surface area contributed by atoms with Crippen molar-refractivity contribution in [1.82, 2.24) is 4.90 Å². The van der Waals surface area contributed by atoms with Crippen LogP contribution in [0.25, 0.3) is 0 Å². The summed E-state index contributed by atoms with van der Waals surface area (Å²) in [5, 5.41) is 0. The van der Waals surface area contributed by atoms with Crippen LogP contribution in [0.2, 0.25) is 0 Å². The van der Waals surface area contributed by atoms with Crippen molar-refractivity contribution < 1.29 is 9.21 Å². The van der Waals surface area contributed by atoms with E-state index in [1.54, 1.807) is 6.07 Å². The zero-order valence-electron chi connectivity index (χ0n) is 10.8. The highest BCUT2D eigenvalue weighted by molar-refractivity contribution is 9.10. The molecule has 1 amide bonds. The fraction of sp³-hybridized carbons (Fsp3) is 0.267. The highest BCUT2D eigenvalue weighted by Gasteiger charge is 2.19. The van der Waals surface area contributed by atoms with Crippen LogP contribution in [0.4, 0.5) is 0 Å². The largest absolute Gasteiger partial charge is 0.457 e. The van der Waals surface area contributed by atoms with Crippen LogP contribution in [0.15, 0.2) is 51.7 Å². The van der Waals surface area contributed by atoms with Crippen LogP contribution in [0, 0.1) is 0 Å². The summed E-state index contributed by atoms with van der Waals surface area (Å²) in [6, 6.07) is 11.7. The fourth-order valence-corrected chi connectivity index (χ4v) is 2.35. The molecule has 0 radical (unpaired) electrons. The molecule has 0 saturated carbocycles. The molecule has 1 aromatic carbocycles. The van der Waals surface area contributed by atoms with Gasteiger partial charge in [0.2, 0.25) is 0 Å². The van der Waals surface area contributed by atoms with E-state index >= 15 is 0 Å². The quantitative estimate of drug-likeness (QED) is 0.830. The summed E-state index contributed by atoms with van der Waals surface area (Å²) >= 11 is 3.26. The van der Waals surface area contributed by atoms with Crippen LogP contribution < -0.4 is 0 Å². The summed E-state index contributed by atoms with van der Waals surface area (Å²) < 4.78 is 5.63. The maximum absolute atomic E-state index is 12.5. The number of carbonyl (C=O) groups is 1. The molecule has 4 heteroatoms. The van der Waals surface area contributed by atoms with Gasteiger partial charge in [-0.05, 0) is 34.0 Å². The van der Waals surface area contributed by atoms with Crippen LogP contribution in [0.5, 0.6) is 0 Å². The molecular weight excluding hydrogens is 306 g/mol. The average molecular weight is 322 g/mol. The molecule has 0 fully saturated rings. The van der Waals surface area contributed by atoms with Crippen molar-refractivity contribution >= 4 is 21.8 Å². The van der Waals surface area contributed by atoms with Crippen LogP contribution in [-0.4, -0.2) is 17.4 Å². The maximum Gasteiger partial charge on any atom is 0.258 e. The first-order valence-corrected chi connectivity index (χ1v) is 7.08. The lowest BCUT2D eigenvalue weighted by Crippen LogP contribution is -2.31. The molecule has 0 bridgehead atoms. The summed E-state index contributed by atoms with van der Waals surface area (Å²) in [7, 11) is 0. The molecule has 0 aliphatic rings.